The van der Waals surface area contributed by atoms with Crippen LogP contribution in [0.1, 0.15) is 31.7 Å². The Kier molecular flexibility index (Phi) is 6.64. The van der Waals surface area contributed by atoms with Gasteiger partial charge in [-0.3, -0.25) is 0 Å². The number of benzene rings is 1. The van der Waals surface area contributed by atoms with Gasteiger partial charge >= 0.3 is 6.01 Å². The van der Waals surface area contributed by atoms with Crippen LogP contribution < -0.4 is 4.74 Å². The highest BCUT2D eigenvalue weighted by atomic mass is 32.2. The summed E-state index contributed by atoms with van der Waals surface area (Å²) in [5.41, 5.74) is 3.26. The average molecular weight is 429 g/mol. The van der Waals surface area contributed by atoms with E-state index < -0.39 is 0 Å². The third-order valence-corrected chi connectivity index (χ3v) is 5.80. The lowest BCUT2D eigenvalue weighted by Gasteiger charge is -2.30. The Bertz CT molecular complexity index is 972. The summed E-state index contributed by atoms with van der Waals surface area (Å²) in [4.78, 5) is 13.4. The number of rotatable bonds is 7. The summed E-state index contributed by atoms with van der Waals surface area (Å²) >= 11 is 1.71. The monoisotopic (exact) mass is 428 g/mol. The topological polar surface area (TPSA) is 62.1 Å². The summed E-state index contributed by atoms with van der Waals surface area (Å²) in [5.74, 6) is 0.466. The van der Waals surface area contributed by atoms with Gasteiger partial charge in [0.2, 0.25) is 0 Å². The maximum atomic E-state index is 13.5. The minimum Gasteiger partial charge on any atom is -0.467 e. The molecule has 0 spiro atoms. The molecule has 0 aliphatic heterocycles. The molecule has 6 nitrogen and oxygen atoms in total. The van der Waals surface area contributed by atoms with Gasteiger partial charge < -0.3 is 14.0 Å². The first-order chi connectivity index (χ1) is 14.7. The highest BCUT2D eigenvalue weighted by molar-refractivity contribution is 7.98. The molecule has 0 amide bonds. The van der Waals surface area contributed by atoms with E-state index in [1.165, 1.54) is 12.1 Å². The number of hydrogen-bond acceptors (Lipinski definition) is 6. The summed E-state index contributed by atoms with van der Waals surface area (Å²) in [7, 11) is 1.55. The summed E-state index contributed by atoms with van der Waals surface area (Å²) in [5, 5.41) is 0. The molecule has 2 aromatic heterocycles. The van der Waals surface area contributed by atoms with Crippen molar-refractivity contribution in [2.75, 3.05) is 19.3 Å². The van der Waals surface area contributed by atoms with Crippen LogP contribution in [0.5, 0.6) is 6.01 Å². The van der Waals surface area contributed by atoms with E-state index in [2.05, 4.69) is 20.8 Å². The maximum absolute atomic E-state index is 13.5. The molecular weight excluding hydrogens is 403 g/mol. The van der Waals surface area contributed by atoms with Gasteiger partial charge in [-0.1, -0.05) is 0 Å². The maximum Gasteiger partial charge on any atom is 0.316 e. The van der Waals surface area contributed by atoms with Crippen molar-refractivity contribution in [3.8, 4) is 28.7 Å². The molecule has 2 heterocycles. The van der Waals surface area contributed by atoms with Crippen LogP contribution in [0.4, 0.5) is 4.39 Å². The van der Waals surface area contributed by atoms with Gasteiger partial charge in [-0.15, -0.1) is 11.8 Å². The second-order valence-electron chi connectivity index (χ2n) is 7.29. The molecule has 8 heteroatoms. The molecule has 4 rings (SSSR count). The molecule has 1 aliphatic carbocycles. The molecular formula is C22H25FN4O2S. The number of aromatic nitrogens is 4. The summed E-state index contributed by atoms with van der Waals surface area (Å²) < 4.78 is 26.8. The van der Waals surface area contributed by atoms with E-state index in [1.54, 1.807) is 37.2 Å². The molecule has 1 aliphatic rings. The Hall–Kier alpha value is -2.45. The summed E-state index contributed by atoms with van der Waals surface area (Å²) in [6.45, 7) is 0. The predicted octanol–water partition coefficient (Wildman–Crippen LogP) is 4.98. The smallest absolute Gasteiger partial charge is 0.316 e. The molecule has 0 radical (unpaired) electrons. The molecule has 0 bridgehead atoms. The molecule has 0 N–H and O–H groups in total. The molecule has 1 saturated carbocycles. The van der Waals surface area contributed by atoms with Gasteiger partial charge in [-0.05, 0) is 62.3 Å². The fraction of sp³-hybridized carbons (Fsp3) is 0.409. The largest absolute Gasteiger partial charge is 0.467 e. The molecule has 0 saturated heterocycles. The van der Waals surface area contributed by atoms with Crippen molar-refractivity contribution in [1.29, 1.82) is 0 Å². The van der Waals surface area contributed by atoms with E-state index in [-0.39, 0.29) is 5.82 Å². The number of imidazole rings is 1. The SMILES string of the molecule is COc1nccc(-c2c(-c3ccc(F)cc3)ncn2[C@H]2CC[C@H](OCSC)CC2)n1. The van der Waals surface area contributed by atoms with Crippen LogP contribution in [-0.2, 0) is 4.74 Å². The van der Waals surface area contributed by atoms with Crippen LogP contribution in [0.3, 0.4) is 0 Å². The zero-order chi connectivity index (χ0) is 20.9. The van der Waals surface area contributed by atoms with E-state index in [0.29, 0.717) is 18.2 Å². The highest BCUT2D eigenvalue weighted by Gasteiger charge is 2.27. The van der Waals surface area contributed by atoms with Crippen LogP contribution >= 0.6 is 11.8 Å². The molecule has 30 heavy (non-hydrogen) atoms. The van der Waals surface area contributed by atoms with Crippen LogP contribution in [0.15, 0.2) is 42.9 Å². The molecule has 1 aromatic carbocycles. The van der Waals surface area contributed by atoms with Crippen molar-refractivity contribution < 1.29 is 13.9 Å². The zero-order valence-corrected chi connectivity index (χ0v) is 17.9. The molecule has 158 valence electrons. The summed E-state index contributed by atoms with van der Waals surface area (Å²) in [6.07, 6.45) is 9.97. The minimum atomic E-state index is -0.271. The molecule has 3 aromatic rings. The van der Waals surface area contributed by atoms with Crippen molar-refractivity contribution in [3.63, 3.8) is 0 Å². The third kappa shape index (κ3) is 4.49. The van der Waals surface area contributed by atoms with E-state index in [1.807, 2.05) is 12.4 Å². The van der Waals surface area contributed by atoms with Gasteiger partial charge in [0.25, 0.3) is 0 Å². The number of thioether (sulfide) groups is 1. The lowest BCUT2D eigenvalue weighted by Crippen LogP contribution is -2.23. The van der Waals surface area contributed by atoms with Crippen molar-refractivity contribution >= 4 is 11.8 Å². The highest BCUT2D eigenvalue weighted by Crippen LogP contribution is 2.38. The molecule has 0 unspecified atom stereocenters. The van der Waals surface area contributed by atoms with Crippen molar-refractivity contribution in [2.45, 2.75) is 37.8 Å². The average Bonchev–Trinajstić information content (AvgIpc) is 3.23. The quantitative estimate of drug-likeness (QED) is 0.495. The van der Waals surface area contributed by atoms with Crippen LogP contribution in [0, 0.1) is 5.82 Å². The van der Waals surface area contributed by atoms with E-state index >= 15 is 0 Å². The van der Waals surface area contributed by atoms with Crippen LogP contribution in [0.2, 0.25) is 0 Å². The molecule has 0 atom stereocenters. The first-order valence-corrected chi connectivity index (χ1v) is 11.4. The Morgan fingerprint density at radius 3 is 2.57 bits per heavy atom. The first-order valence-electron chi connectivity index (χ1n) is 10.00. The normalized spacial score (nSPS) is 19.0. The van der Waals surface area contributed by atoms with Crippen molar-refractivity contribution in [3.05, 3.63) is 48.7 Å². The van der Waals surface area contributed by atoms with E-state index in [9.17, 15) is 4.39 Å². The third-order valence-electron chi connectivity index (χ3n) is 5.43. The Balaban J connectivity index is 1.69. The van der Waals surface area contributed by atoms with Gasteiger partial charge in [-0.25, -0.2) is 14.4 Å². The fourth-order valence-electron chi connectivity index (χ4n) is 3.94. The van der Waals surface area contributed by atoms with Crippen molar-refractivity contribution in [1.82, 2.24) is 19.5 Å². The standard InChI is InChI=1S/C22H25FN4O2S/c1-28-22-24-12-11-19(26-22)21-20(15-3-5-16(23)6-4-15)25-13-27(21)17-7-9-18(10-8-17)29-14-30-2/h3-6,11-13,17-18H,7-10,14H2,1-2H3/t17-,18-. The van der Waals surface area contributed by atoms with Crippen LogP contribution in [0.25, 0.3) is 22.6 Å². The van der Waals surface area contributed by atoms with Gasteiger partial charge in [0.15, 0.2) is 0 Å². The Morgan fingerprint density at radius 1 is 1.10 bits per heavy atom. The predicted molar refractivity (Wildman–Crippen MR) is 116 cm³/mol. The number of halogens is 1. The number of nitrogens with zero attached hydrogens (tertiary/aromatic N) is 4. The van der Waals surface area contributed by atoms with Crippen molar-refractivity contribution in [2.24, 2.45) is 0 Å². The minimum absolute atomic E-state index is 0.271. The Labute approximate surface area is 179 Å². The zero-order valence-electron chi connectivity index (χ0n) is 17.1. The second-order valence-corrected chi connectivity index (χ2v) is 8.10. The fourth-order valence-corrected chi connectivity index (χ4v) is 4.26. The first kappa shape index (κ1) is 20.8. The van der Waals surface area contributed by atoms with Gasteiger partial charge in [0.05, 0.1) is 42.6 Å². The van der Waals surface area contributed by atoms with Gasteiger partial charge in [0.1, 0.15) is 5.82 Å². The molecule has 1 fully saturated rings. The number of ether oxygens (including phenoxy) is 2. The lowest BCUT2D eigenvalue weighted by molar-refractivity contribution is 0.0489. The second kappa shape index (κ2) is 9.57. The number of methoxy groups -OCH3 is 1. The van der Waals surface area contributed by atoms with Crippen LogP contribution in [-0.4, -0.2) is 44.9 Å². The Morgan fingerprint density at radius 2 is 1.87 bits per heavy atom. The summed E-state index contributed by atoms with van der Waals surface area (Å²) in [6, 6.07) is 8.86. The lowest BCUT2D eigenvalue weighted by atomic mass is 9.92. The van der Waals surface area contributed by atoms with Gasteiger partial charge in [0, 0.05) is 17.8 Å². The van der Waals surface area contributed by atoms with Gasteiger partial charge in [-0.2, -0.15) is 4.98 Å². The van der Waals surface area contributed by atoms with E-state index in [0.717, 1.165) is 54.3 Å². The number of hydrogen-bond donors (Lipinski definition) is 0. The van der Waals surface area contributed by atoms with E-state index in [4.69, 9.17) is 14.5 Å².